The summed E-state index contributed by atoms with van der Waals surface area (Å²) in [5.74, 6) is 1.08. The van der Waals surface area contributed by atoms with E-state index in [1.165, 1.54) is 16.8 Å². The molecule has 4 rings (SSSR count). The molecular weight excluding hydrogens is 350 g/mol. The normalized spacial score (nSPS) is 12.8. The van der Waals surface area contributed by atoms with E-state index in [0.717, 1.165) is 40.8 Å². The quantitative estimate of drug-likeness (QED) is 0.723. The lowest BCUT2D eigenvalue weighted by Crippen LogP contribution is -2.28. The maximum absolute atomic E-state index is 12.1. The number of methoxy groups -OCH3 is 1. The van der Waals surface area contributed by atoms with Crippen molar-refractivity contribution in [1.29, 1.82) is 0 Å². The van der Waals surface area contributed by atoms with Crippen LogP contribution in [0.2, 0.25) is 0 Å². The number of aromatic nitrogens is 2. The van der Waals surface area contributed by atoms with E-state index >= 15 is 0 Å². The largest absolute Gasteiger partial charge is 0.497 e. The highest BCUT2D eigenvalue weighted by Crippen LogP contribution is 2.39. The number of amides is 1. The van der Waals surface area contributed by atoms with Crippen molar-refractivity contribution in [3.63, 3.8) is 0 Å². The molecule has 0 spiro atoms. The number of fused-ring (bicyclic) bond motifs is 3. The summed E-state index contributed by atoms with van der Waals surface area (Å²) in [5.41, 5.74) is 2.26. The van der Waals surface area contributed by atoms with Crippen LogP contribution in [0.3, 0.4) is 0 Å². The van der Waals surface area contributed by atoms with Crippen molar-refractivity contribution in [2.75, 3.05) is 13.7 Å². The number of carbonyl (C=O) groups is 1. The Morgan fingerprint density at radius 2 is 2.23 bits per heavy atom. The number of ether oxygens (including phenoxy) is 2. The first-order valence-corrected chi connectivity index (χ1v) is 9.34. The zero-order valence-electron chi connectivity index (χ0n) is 14.4. The second-order valence-corrected chi connectivity index (χ2v) is 7.22. The fraction of sp³-hybridized carbons (Fsp3) is 0.316. The number of rotatable bonds is 6. The SMILES string of the molecule is COc1cccc(CNC(=O)COc2ncnc3sc4c(c23)CCC4)c1. The number of carbonyl (C=O) groups excluding carboxylic acids is 1. The molecule has 0 saturated heterocycles. The summed E-state index contributed by atoms with van der Waals surface area (Å²) in [6.07, 6.45) is 4.78. The molecule has 1 aromatic carbocycles. The van der Waals surface area contributed by atoms with E-state index < -0.39 is 0 Å². The van der Waals surface area contributed by atoms with Crippen molar-refractivity contribution in [1.82, 2.24) is 15.3 Å². The third-order valence-electron chi connectivity index (χ3n) is 4.43. The molecule has 2 heterocycles. The number of hydrogen-bond donors (Lipinski definition) is 1. The van der Waals surface area contributed by atoms with Crippen molar-refractivity contribution in [3.05, 3.63) is 46.6 Å². The van der Waals surface area contributed by atoms with E-state index in [1.807, 2.05) is 24.3 Å². The molecule has 134 valence electrons. The maximum atomic E-state index is 12.1. The van der Waals surface area contributed by atoms with Gasteiger partial charge >= 0.3 is 0 Å². The predicted molar refractivity (Wildman–Crippen MR) is 99.8 cm³/mol. The molecule has 1 N–H and O–H groups in total. The van der Waals surface area contributed by atoms with Crippen LogP contribution in [0.5, 0.6) is 11.6 Å². The Morgan fingerprint density at radius 1 is 1.31 bits per heavy atom. The first kappa shape index (κ1) is 16.8. The Balaban J connectivity index is 1.39. The van der Waals surface area contributed by atoms with Gasteiger partial charge in [0.2, 0.25) is 5.88 Å². The molecular formula is C19H19N3O3S. The second-order valence-electron chi connectivity index (χ2n) is 6.13. The minimum Gasteiger partial charge on any atom is -0.497 e. The average molecular weight is 369 g/mol. The topological polar surface area (TPSA) is 73.3 Å². The van der Waals surface area contributed by atoms with Crippen molar-refractivity contribution in [2.45, 2.75) is 25.8 Å². The van der Waals surface area contributed by atoms with Gasteiger partial charge in [0, 0.05) is 11.4 Å². The summed E-state index contributed by atoms with van der Waals surface area (Å²) in [6.45, 7) is 0.354. The lowest BCUT2D eigenvalue weighted by Gasteiger charge is -2.09. The monoisotopic (exact) mass is 369 g/mol. The molecule has 0 fully saturated rings. The van der Waals surface area contributed by atoms with Crippen LogP contribution in [-0.2, 0) is 24.2 Å². The van der Waals surface area contributed by atoms with Gasteiger partial charge in [-0.1, -0.05) is 12.1 Å². The van der Waals surface area contributed by atoms with Gasteiger partial charge < -0.3 is 14.8 Å². The lowest BCUT2D eigenvalue weighted by molar-refractivity contribution is -0.123. The van der Waals surface area contributed by atoms with Crippen LogP contribution in [0.15, 0.2) is 30.6 Å². The number of thiophene rings is 1. The smallest absolute Gasteiger partial charge is 0.258 e. The number of aryl methyl sites for hydroxylation is 2. The molecule has 1 aliphatic rings. The molecule has 3 aromatic rings. The van der Waals surface area contributed by atoms with Crippen molar-refractivity contribution in [2.24, 2.45) is 0 Å². The first-order chi connectivity index (χ1) is 12.7. The first-order valence-electron chi connectivity index (χ1n) is 8.52. The van der Waals surface area contributed by atoms with Crippen LogP contribution in [0.25, 0.3) is 10.2 Å². The molecule has 0 aliphatic heterocycles. The maximum Gasteiger partial charge on any atom is 0.258 e. The molecule has 2 aromatic heterocycles. The third-order valence-corrected chi connectivity index (χ3v) is 5.63. The van der Waals surface area contributed by atoms with E-state index in [4.69, 9.17) is 9.47 Å². The molecule has 26 heavy (non-hydrogen) atoms. The van der Waals surface area contributed by atoms with E-state index in [2.05, 4.69) is 15.3 Å². The minimum atomic E-state index is -0.188. The summed E-state index contributed by atoms with van der Waals surface area (Å²) in [4.78, 5) is 23.0. The van der Waals surface area contributed by atoms with Gasteiger partial charge in [-0.25, -0.2) is 9.97 Å². The van der Waals surface area contributed by atoms with Crippen LogP contribution >= 0.6 is 11.3 Å². The van der Waals surface area contributed by atoms with Crippen LogP contribution in [0.4, 0.5) is 0 Å². The van der Waals surface area contributed by atoms with Crippen LogP contribution in [-0.4, -0.2) is 29.6 Å². The van der Waals surface area contributed by atoms with E-state index in [-0.39, 0.29) is 12.5 Å². The van der Waals surface area contributed by atoms with Gasteiger partial charge in [0.05, 0.1) is 12.5 Å². The molecule has 1 amide bonds. The zero-order valence-corrected chi connectivity index (χ0v) is 15.3. The fourth-order valence-electron chi connectivity index (χ4n) is 3.18. The molecule has 0 saturated carbocycles. The van der Waals surface area contributed by atoms with Crippen molar-refractivity contribution >= 4 is 27.5 Å². The van der Waals surface area contributed by atoms with Crippen molar-refractivity contribution < 1.29 is 14.3 Å². The van der Waals surface area contributed by atoms with Gasteiger partial charge in [-0.3, -0.25) is 4.79 Å². The van der Waals surface area contributed by atoms with E-state index in [9.17, 15) is 4.79 Å². The van der Waals surface area contributed by atoms with E-state index in [0.29, 0.717) is 12.4 Å². The molecule has 0 atom stereocenters. The van der Waals surface area contributed by atoms with Gasteiger partial charge in [-0.15, -0.1) is 11.3 Å². The summed E-state index contributed by atoms with van der Waals surface area (Å²) in [7, 11) is 1.62. The Bertz CT molecular complexity index is 954. The Hall–Kier alpha value is -2.67. The molecule has 6 nitrogen and oxygen atoms in total. The second kappa shape index (κ2) is 7.29. The van der Waals surface area contributed by atoms with Crippen LogP contribution in [0.1, 0.15) is 22.4 Å². The Kier molecular flexibility index (Phi) is 4.71. The summed E-state index contributed by atoms with van der Waals surface area (Å²) >= 11 is 1.70. The van der Waals surface area contributed by atoms with Gasteiger partial charge in [-0.05, 0) is 42.5 Å². The number of benzene rings is 1. The van der Waals surface area contributed by atoms with E-state index in [1.54, 1.807) is 18.4 Å². The van der Waals surface area contributed by atoms with Gasteiger partial charge in [0.25, 0.3) is 5.91 Å². The number of hydrogen-bond acceptors (Lipinski definition) is 6. The summed E-state index contributed by atoms with van der Waals surface area (Å²) in [6, 6.07) is 7.59. The highest BCUT2D eigenvalue weighted by molar-refractivity contribution is 7.18. The fourth-order valence-corrected chi connectivity index (χ4v) is 4.40. The van der Waals surface area contributed by atoms with Crippen LogP contribution < -0.4 is 14.8 Å². The number of nitrogens with one attached hydrogen (secondary N) is 1. The molecule has 0 bridgehead atoms. The van der Waals surface area contributed by atoms with Gasteiger partial charge in [0.15, 0.2) is 6.61 Å². The highest BCUT2D eigenvalue weighted by Gasteiger charge is 2.22. The summed E-state index contributed by atoms with van der Waals surface area (Å²) in [5, 5.41) is 3.83. The zero-order chi connectivity index (χ0) is 17.9. The standard InChI is InChI=1S/C19H19N3O3S/c1-24-13-5-2-4-12(8-13)9-20-16(23)10-25-18-17-14-6-3-7-15(14)26-19(17)22-11-21-18/h2,4-5,8,11H,3,6-7,9-10H2,1H3,(H,20,23). The molecule has 0 unspecified atom stereocenters. The Labute approximate surface area is 155 Å². The third kappa shape index (κ3) is 3.35. The van der Waals surface area contributed by atoms with Crippen LogP contribution in [0, 0.1) is 0 Å². The molecule has 7 heteroatoms. The number of nitrogens with zero attached hydrogens (tertiary/aromatic N) is 2. The van der Waals surface area contributed by atoms with Gasteiger partial charge in [-0.2, -0.15) is 0 Å². The van der Waals surface area contributed by atoms with Gasteiger partial charge in [0.1, 0.15) is 16.9 Å². The summed E-state index contributed by atoms with van der Waals surface area (Å²) < 4.78 is 10.9. The Morgan fingerprint density at radius 3 is 3.12 bits per heavy atom. The lowest BCUT2D eigenvalue weighted by atomic mass is 10.2. The highest BCUT2D eigenvalue weighted by atomic mass is 32.1. The predicted octanol–water partition coefficient (Wildman–Crippen LogP) is 2.88. The molecule has 0 radical (unpaired) electrons. The van der Waals surface area contributed by atoms with Crippen molar-refractivity contribution in [3.8, 4) is 11.6 Å². The average Bonchev–Trinajstić information content (AvgIpc) is 3.26. The minimum absolute atomic E-state index is 0.0687. The molecule has 1 aliphatic carbocycles.